The first-order chi connectivity index (χ1) is 12.8. The van der Waals surface area contributed by atoms with E-state index >= 15 is 0 Å². The number of nitrogens with one attached hydrogen (secondary N) is 1. The maximum absolute atomic E-state index is 13.1. The van der Waals surface area contributed by atoms with Gasteiger partial charge in [0.05, 0.1) is 0 Å². The number of halogens is 2. The van der Waals surface area contributed by atoms with Crippen LogP contribution in [0.3, 0.4) is 0 Å². The van der Waals surface area contributed by atoms with Gasteiger partial charge >= 0.3 is 0 Å². The number of fused-ring (bicyclic) bond motifs is 1. The van der Waals surface area contributed by atoms with E-state index in [1.807, 2.05) is 28.5 Å². The van der Waals surface area contributed by atoms with E-state index in [0.717, 1.165) is 61.0 Å². The van der Waals surface area contributed by atoms with Crippen LogP contribution in [-0.2, 0) is 0 Å². The van der Waals surface area contributed by atoms with Gasteiger partial charge in [-0.3, -0.25) is 4.79 Å². The lowest BCUT2D eigenvalue weighted by molar-refractivity contribution is 0.0637. The number of hydrogen-bond acceptors (Lipinski definition) is 6. The molecule has 0 bridgehead atoms. The van der Waals surface area contributed by atoms with Crippen LogP contribution in [0.4, 0.5) is 0 Å². The van der Waals surface area contributed by atoms with Gasteiger partial charge in [0, 0.05) is 23.5 Å². The van der Waals surface area contributed by atoms with Crippen molar-refractivity contribution in [2.75, 3.05) is 26.4 Å². The number of nitrogens with zero attached hydrogens (tertiary/aromatic N) is 2. The number of ether oxygens (including phenoxy) is 2. The largest absolute Gasteiger partial charge is 0.454 e. The highest BCUT2D eigenvalue weighted by molar-refractivity contribution is 7.13. The fourth-order valence-electron chi connectivity index (χ4n) is 3.49. The molecule has 1 amide bonds. The summed E-state index contributed by atoms with van der Waals surface area (Å²) >= 11 is 1.49. The van der Waals surface area contributed by atoms with E-state index in [-0.39, 0.29) is 37.5 Å². The average molecular weight is 446 g/mol. The molecule has 154 valence electrons. The van der Waals surface area contributed by atoms with Crippen LogP contribution in [0.2, 0.25) is 0 Å². The van der Waals surface area contributed by atoms with Crippen molar-refractivity contribution < 1.29 is 14.3 Å². The van der Waals surface area contributed by atoms with E-state index in [0.29, 0.717) is 11.7 Å². The lowest BCUT2D eigenvalue weighted by atomic mass is 10.0. The zero-order valence-electron chi connectivity index (χ0n) is 15.7. The van der Waals surface area contributed by atoms with Crippen molar-refractivity contribution in [3.8, 4) is 22.1 Å². The van der Waals surface area contributed by atoms with E-state index in [2.05, 4.69) is 17.2 Å². The topological polar surface area (TPSA) is 63.7 Å². The van der Waals surface area contributed by atoms with Crippen LogP contribution in [0.15, 0.2) is 23.6 Å². The SMILES string of the molecule is CCCN(C(=O)c1csc(-c2ccc3c(c2)OCO3)n1)C1CCNCC1.Cl.Cl. The zero-order valence-corrected chi connectivity index (χ0v) is 18.1. The quantitative estimate of drug-likeness (QED) is 0.753. The third kappa shape index (κ3) is 4.71. The minimum absolute atomic E-state index is 0. The predicted octanol–water partition coefficient (Wildman–Crippen LogP) is 3.99. The predicted molar refractivity (Wildman–Crippen MR) is 115 cm³/mol. The lowest BCUT2D eigenvalue weighted by Gasteiger charge is -2.34. The van der Waals surface area contributed by atoms with Crippen molar-refractivity contribution >= 4 is 42.1 Å². The van der Waals surface area contributed by atoms with Crippen molar-refractivity contribution in [1.29, 1.82) is 0 Å². The molecular formula is C19H25Cl2N3O3S. The van der Waals surface area contributed by atoms with Gasteiger partial charge in [0.2, 0.25) is 6.79 Å². The van der Waals surface area contributed by atoms with Crippen LogP contribution in [0.1, 0.15) is 36.7 Å². The number of thiazole rings is 1. The van der Waals surface area contributed by atoms with Crippen molar-refractivity contribution in [1.82, 2.24) is 15.2 Å². The molecule has 1 fully saturated rings. The van der Waals surface area contributed by atoms with Crippen LogP contribution in [-0.4, -0.2) is 48.3 Å². The first kappa shape index (κ1) is 22.7. The average Bonchev–Trinajstić information content (AvgIpc) is 3.35. The fraction of sp³-hybridized carbons (Fsp3) is 0.474. The molecule has 9 heteroatoms. The van der Waals surface area contributed by atoms with E-state index in [4.69, 9.17) is 9.47 Å². The third-order valence-corrected chi connectivity index (χ3v) is 5.71. The number of amides is 1. The summed E-state index contributed by atoms with van der Waals surface area (Å²) in [6.45, 7) is 5.08. The molecule has 0 spiro atoms. The van der Waals surface area contributed by atoms with Crippen molar-refractivity contribution in [3.05, 3.63) is 29.3 Å². The van der Waals surface area contributed by atoms with E-state index in [9.17, 15) is 4.79 Å². The van der Waals surface area contributed by atoms with Gasteiger partial charge in [-0.15, -0.1) is 36.2 Å². The number of rotatable bonds is 5. The zero-order chi connectivity index (χ0) is 17.9. The molecule has 6 nitrogen and oxygen atoms in total. The van der Waals surface area contributed by atoms with Gasteiger partial charge in [-0.25, -0.2) is 4.98 Å². The summed E-state index contributed by atoms with van der Waals surface area (Å²) < 4.78 is 10.8. The standard InChI is InChI=1S/C19H23N3O3S.2ClH/c1-2-9-22(14-5-7-20-8-6-14)19(23)15-11-26-18(21-15)13-3-4-16-17(10-13)25-12-24-16;;/h3-4,10-11,14,20H,2,5-9,12H2,1H3;2*1H. The molecule has 1 aromatic heterocycles. The van der Waals surface area contributed by atoms with E-state index < -0.39 is 0 Å². The lowest BCUT2D eigenvalue weighted by Crippen LogP contribution is -2.46. The Morgan fingerprint density at radius 2 is 2.00 bits per heavy atom. The van der Waals surface area contributed by atoms with Crippen LogP contribution in [0, 0.1) is 0 Å². The molecule has 0 unspecified atom stereocenters. The Labute approximate surface area is 181 Å². The van der Waals surface area contributed by atoms with Gasteiger partial charge in [0.15, 0.2) is 11.5 Å². The van der Waals surface area contributed by atoms with Gasteiger partial charge in [0.25, 0.3) is 5.91 Å². The van der Waals surface area contributed by atoms with Crippen molar-refractivity contribution in [3.63, 3.8) is 0 Å². The Hall–Kier alpha value is -1.54. The number of benzene rings is 1. The molecule has 2 aromatic rings. The monoisotopic (exact) mass is 445 g/mol. The number of hydrogen-bond donors (Lipinski definition) is 1. The summed E-state index contributed by atoms with van der Waals surface area (Å²) in [5.41, 5.74) is 1.48. The van der Waals surface area contributed by atoms with E-state index in [1.165, 1.54) is 11.3 Å². The highest BCUT2D eigenvalue weighted by Gasteiger charge is 2.27. The highest BCUT2D eigenvalue weighted by atomic mass is 35.5. The maximum atomic E-state index is 13.1. The Morgan fingerprint density at radius 3 is 2.75 bits per heavy atom. The minimum Gasteiger partial charge on any atom is -0.454 e. The molecule has 28 heavy (non-hydrogen) atoms. The molecule has 0 radical (unpaired) electrons. The third-order valence-electron chi connectivity index (χ3n) is 4.82. The smallest absolute Gasteiger partial charge is 0.273 e. The molecule has 2 aliphatic rings. The molecule has 1 N–H and O–H groups in total. The first-order valence-electron chi connectivity index (χ1n) is 9.13. The summed E-state index contributed by atoms with van der Waals surface area (Å²) in [6.07, 6.45) is 2.96. The molecule has 4 rings (SSSR count). The summed E-state index contributed by atoms with van der Waals surface area (Å²) in [6, 6.07) is 6.07. The van der Waals surface area contributed by atoms with Crippen LogP contribution in [0.5, 0.6) is 11.5 Å². The van der Waals surface area contributed by atoms with E-state index in [1.54, 1.807) is 0 Å². The number of carbonyl (C=O) groups is 1. The second-order valence-corrected chi connectivity index (χ2v) is 7.44. The Kier molecular flexibility index (Phi) is 8.37. The Morgan fingerprint density at radius 1 is 1.25 bits per heavy atom. The molecule has 3 heterocycles. The van der Waals surface area contributed by atoms with Crippen LogP contribution < -0.4 is 14.8 Å². The van der Waals surface area contributed by atoms with Gasteiger partial charge in [-0.1, -0.05) is 6.92 Å². The molecule has 0 aliphatic carbocycles. The highest BCUT2D eigenvalue weighted by Crippen LogP contribution is 2.36. The number of aromatic nitrogens is 1. The molecule has 1 saturated heterocycles. The first-order valence-corrected chi connectivity index (χ1v) is 10.0. The van der Waals surface area contributed by atoms with Gasteiger partial charge in [-0.2, -0.15) is 0 Å². The number of carbonyl (C=O) groups excluding carboxylic acids is 1. The summed E-state index contributed by atoms with van der Waals surface area (Å²) in [5, 5.41) is 6.06. The van der Waals surface area contributed by atoms with Crippen LogP contribution in [0.25, 0.3) is 10.6 Å². The Balaban J connectivity index is 0.00000140. The molecule has 2 aliphatic heterocycles. The normalized spacial score (nSPS) is 15.5. The van der Waals surface area contributed by atoms with Gasteiger partial charge < -0.3 is 19.7 Å². The fourth-order valence-corrected chi connectivity index (χ4v) is 4.28. The second kappa shape index (κ2) is 10.3. The molecule has 0 atom stereocenters. The summed E-state index contributed by atoms with van der Waals surface area (Å²) in [5.74, 6) is 1.52. The number of piperidine rings is 1. The summed E-state index contributed by atoms with van der Waals surface area (Å²) in [4.78, 5) is 19.7. The van der Waals surface area contributed by atoms with Crippen LogP contribution >= 0.6 is 36.2 Å². The van der Waals surface area contributed by atoms with Gasteiger partial charge in [0.1, 0.15) is 10.7 Å². The Bertz CT molecular complexity index is 796. The minimum atomic E-state index is 0. The molecule has 1 aromatic carbocycles. The maximum Gasteiger partial charge on any atom is 0.273 e. The molecule has 0 saturated carbocycles. The molecular weight excluding hydrogens is 421 g/mol. The van der Waals surface area contributed by atoms with Gasteiger partial charge in [-0.05, 0) is 50.6 Å². The van der Waals surface area contributed by atoms with Crippen molar-refractivity contribution in [2.24, 2.45) is 0 Å². The summed E-state index contributed by atoms with van der Waals surface area (Å²) in [7, 11) is 0. The second-order valence-electron chi connectivity index (χ2n) is 6.59. The van der Waals surface area contributed by atoms with Crippen molar-refractivity contribution in [2.45, 2.75) is 32.2 Å².